The van der Waals surface area contributed by atoms with Gasteiger partial charge in [0.25, 0.3) is 5.91 Å². The average Bonchev–Trinajstić information content (AvgIpc) is 3.26. The van der Waals surface area contributed by atoms with Crippen LogP contribution in [0, 0.1) is 0 Å². The molecule has 1 saturated heterocycles. The van der Waals surface area contributed by atoms with E-state index in [4.69, 9.17) is 4.74 Å². The number of nitrogens with one attached hydrogen (secondary N) is 1. The van der Waals surface area contributed by atoms with Crippen LogP contribution < -0.4 is 0 Å². The van der Waals surface area contributed by atoms with Crippen molar-refractivity contribution in [1.29, 1.82) is 0 Å². The molecule has 5 rings (SSSR count). The summed E-state index contributed by atoms with van der Waals surface area (Å²) < 4.78 is 6.22. The number of aromatic nitrogens is 2. The molecule has 1 aromatic carbocycles. The van der Waals surface area contributed by atoms with Crippen LogP contribution in [0.25, 0.3) is 0 Å². The number of carbonyl (C=O) groups is 1. The number of aromatic amines is 1. The predicted octanol–water partition coefficient (Wildman–Crippen LogP) is 2.60. The zero-order chi connectivity index (χ0) is 16.1. The monoisotopic (exact) mass is 323 g/mol. The molecule has 1 saturated carbocycles. The highest BCUT2D eigenvalue weighted by atomic mass is 16.5. The van der Waals surface area contributed by atoms with Crippen LogP contribution in [-0.2, 0) is 16.8 Å². The van der Waals surface area contributed by atoms with Crippen molar-refractivity contribution in [2.75, 3.05) is 19.7 Å². The second kappa shape index (κ2) is 5.18. The Hall–Kier alpha value is -2.14. The van der Waals surface area contributed by atoms with E-state index in [-0.39, 0.29) is 11.5 Å². The largest absolute Gasteiger partial charge is 0.367 e. The minimum Gasteiger partial charge on any atom is -0.367 e. The molecule has 1 N–H and O–H groups in total. The molecule has 0 radical (unpaired) electrons. The van der Waals surface area contributed by atoms with Gasteiger partial charge in [0.2, 0.25) is 0 Å². The summed E-state index contributed by atoms with van der Waals surface area (Å²) in [5, 5.41) is 7.16. The maximum atomic E-state index is 13.1. The van der Waals surface area contributed by atoms with Gasteiger partial charge >= 0.3 is 0 Å². The SMILES string of the molecule is O=C(c1cn[nH]c1C1CC1)N1CCOC2(CCc3ccccc32)C1. The summed E-state index contributed by atoms with van der Waals surface area (Å²) in [6.07, 6.45) is 5.99. The third-order valence-electron chi connectivity index (χ3n) is 5.66. The molecule has 1 unspecified atom stereocenters. The van der Waals surface area contributed by atoms with Crippen LogP contribution in [0.4, 0.5) is 0 Å². The van der Waals surface area contributed by atoms with Crippen molar-refractivity contribution >= 4 is 5.91 Å². The fraction of sp³-hybridized carbons (Fsp3) is 0.474. The van der Waals surface area contributed by atoms with Crippen molar-refractivity contribution in [1.82, 2.24) is 15.1 Å². The first-order valence-corrected chi connectivity index (χ1v) is 8.82. The molecule has 24 heavy (non-hydrogen) atoms. The van der Waals surface area contributed by atoms with Crippen molar-refractivity contribution < 1.29 is 9.53 Å². The van der Waals surface area contributed by atoms with Gasteiger partial charge in [-0.25, -0.2) is 0 Å². The van der Waals surface area contributed by atoms with Gasteiger partial charge in [-0.05, 0) is 36.8 Å². The summed E-state index contributed by atoms with van der Waals surface area (Å²) in [5.74, 6) is 0.589. The van der Waals surface area contributed by atoms with Crippen molar-refractivity contribution in [3.05, 3.63) is 52.8 Å². The molecule has 124 valence electrons. The zero-order valence-electron chi connectivity index (χ0n) is 13.6. The Labute approximate surface area is 141 Å². The van der Waals surface area contributed by atoms with E-state index in [0.29, 0.717) is 25.6 Å². The Bertz CT molecular complexity index is 791. The topological polar surface area (TPSA) is 58.2 Å². The number of amides is 1. The smallest absolute Gasteiger partial charge is 0.257 e. The summed E-state index contributed by atoms with van der Waals surface area (Å²) in [7, 11) is 0. The lowest BCUT2D eigenvalue weighted by molar-refractivity contribution is -0.103. The normalized spacial score (nSPS) is 25.9. The molecular formula is C19H21N3O2. The van der Waals surface area contributed by atoms with Gasteiger partial charge in [0.05, 0.1) is 30.6 Å². The number of nitrogens with zero attached hydrogens (tertiary/aromatic N) is 2. The van der Waals surface area contributed by atoms with Crippen LogP contribution in [0.1, 0.15) is 52.4 Å². The highest BCUT2D eigenvalue weighted by Crippen LogP contribution is 2.43. The quantitative estimate of drug-likeness (QED) is 0.924. The number of morpholine rings is 1. The minimum atomic E-state index is -0.325. The second-order valence-corrected chi connectivity index (χ2v) is 7.20. The molecule has 2 aromatic rings. The lowest BCUT2D eigenvalue weighted by Gasteiger charge is -2.41. The molecule has 2 aliphatic carbocycles. The van der Waals surface area contributed by atoms with E-state index in [0.717, 1.165) is 36.9 Å². The molecule has 1 amide bonds. The summed E-state index contributed by atoms with van der Waals surface area (Å²) in [4.78, 5) is 15.0. The first-order chi connectivity index (χ1) is 11.8. The number of ether oxygens (including phenoxy) is 1. The van der Waals surface area contributed by atoms with E-state index in [1.807, 2.05) is 4.90 Å². The molecule has 2 fully saturated rings. The maximum absolute atomic E-state index is 13.1. The zero-order valence-corrected chi connectivity index (χ0v) is 13.6. The highest BCUT2D eigenvalue weighted by Gasteiger charge is 2.45. The fourth-order valence-electron chi connectivity index (χ4n) is 4.25. The highest BCUT2D eigenvalue weighted by molar-refractivity contribution is 5.95. The van der Waals surface area contributed by atoms with E-state index in [1.54, 1.807) is 6.20 Å². The van der Waals surface area contributed by atoms with Crippen molar-refractivity contribution in [2.45, 2.75) is 37.2 Å². The molecule has 1 aliphatic heterocycles. The Kier molecular flexibility index (Phi) is 3.07. The number of hydrogen-bond acceptors (Lipinski definition) is 3. The van der Waals surface area contributed by atoms with Crippen molar-refractivity contribution in [3.8, 4) is 0 Å². The van der Waals surface area contributed by atoms with Crippen molar-refractivity contribution in [2.24, 2.45) is 0 Å². The van der Waals surface area contributed by atoms with Crippen LogP contribution in [0.15, 0.2) is 30.5 Å². The summed E-state index contributed by atoms with van der Waals surface area (Å²) in [5.41, 5.74) is 4.06. The van der Waals surface area contributed by atoms with Crippen LogP contribution in [-0.4, -0.2) is 40.7 Å². The molecule has 2 heterocycles. The molecule has 3 aliphatic rings. The molecular weight excluding hydrogens is 302 g/mol. The molecule has 0 bridgehead atoms. The van der Waals surface area contributed by atoms with Gasteiger partial charge in [-0.2, -0.15) is 5.10 Å². The number of fused-ring (bicyclic) bond motifs is 2. The van der Waals surface area contributed by atoms with E-state index >= 15 is 0 Å². The molecule has 1 atom stereocenters. The van der Waals surface area contributed by atoms with E-state index in [2.05, 4.69) is 34.5 Å². The standard InChI is InChI=1S/C19H21N3O2/c23-18(15-11-20-21-17(15)14-5-6-14)22-9-10-24-19(12-22)8-7-13-3-1-2-4-16(13)19/h1-4,11,14H,5-10,12H2,(H,20,21). The summed E-state index contributed by atoms with van der Waals surface area (Å²) in [6, 6.07) is 8.48. The number of carbonyl (C=O) groups excluding carboxylic acids is 1. The molecule has 1 aromatic heterocycles. The van der Waals surface area contributed by atoms with Crippen LogP contribution >= 0.6 is 0 Å². The lowest BCUT2D eigenvalue weighted by atomic mass is 9.93. The Morgan fingerprint density at radius 2 is 2.21 bits per heavy atom. The number of hydrogen-bond donors (Lipinski definition) is 1. The Morgan fingerprint density at radius 1 is 1.33 bits per heavy atom. The van der Waals surface area contributed by atoms with Gasteiger partial charge in [-0.15, -0.1) is 0 Å². The Morgan fingerprint density at radius 3 is 3.08 bits per heavy atom. The van der Waals surface area contributed by atoms with E-state index in [1.165, 1.54) is 11.1 Å². The van der Waals surface area contributed by atoms with E-state index < -0.39 is 0 Å². The predicted molar refractivity (Wildman–Crippen MR) is 88.9 cm³/mol. The number of H-pyrrole nitrogens is 1. The van der Waals surface area contributed by atoms with Crippen LogP contribution in [0.3, 0.4) is 0 Å². The van der Waals surface area contributed by atoms with E-state index in [9.17, 15) is 4.79 Å². The number of benzene rings is 1. The average molecular weight is 323 g/mol. The van der Waals surface area contributed by atoms with Gasteiger partial charge in [0.15, 0.2) is 0 Å². The lowest BCUT2D eigenvalue weighted by Crippen LogP contribution is -2.51. The number of aryl methyl sites for hydroxylation is 1. The van der Waals surface area contributed by atoms with Gasteiger partial charge in [0.1, 0.15) is 5.60 Å². The van der Waals surface area contributed by atoms with Crippen LogP contribution in [0.2, 0.25) is 0 Å². The summed E-state index contributed by atoms with van der Waals surface area (Å²) in [6.45, 7) is 1.88. The maximum Gasteiger partial charge on any atom is 0.257 e. The fourth-order valence-corrected chi connectivity index (χ4v) is 4.25. The third kappa shape index (κ3) is 2.11. The summed E-state index contributed by atoms with van der Waals surface area (Å²) >= 11 is 0. The molecule has 5 heteroatoms. The molecule has 1 spiro atoms. The minimum absolute atomic E-state index is 0.0951. The van der Waals surface area contributed by atoms with Gasteiger partial charge in [0, 0.05) is 12.5 Å². The van der Waals surface area contributed by atoms with Gasteiger partial charge < -0.3 is 9.64 Å². The van der Waals surface area contributed by atoms with Crippen LogP contribution in [0.5, 0.6) is 0 Å². The van der Waals surface area contributed by atoms with Gasteiger partial charge in [-0.3, -0.25) is 9.89 Å². The van der Waals surface area contributed by atoms with Gasteiger partial charge in [-0.1, -0.05) is 24.3 Å². The number of rotatable bonds is 2. The first kappa shape index (κ1) is 14.2. The Balaban J connectivity index is 1.44. The molecule has 5 nitrogen and oxygen atoms in total. The van der Waals surface area contributed by atoms with Crippen molar-refractivity contribution in [3.63, 3.8) is 0 Å². The second-order valence-electron chi connectivity index (χ2n) is 7.20. The first-order valence-electron chi connectivity index (χ1n) is 8.82. The third-order valence-corrected chi connectivity index (χ3v) is 5.66.